The van der Waals surface area contributed by atoms with E-state index in [1.165, 1.54) is 4.90 Å². The van der Waals surface area contributed by atoms with Gasteiger partial charge in [0.2, 0.25) is 5.60 Å². The van der Waals surface area contributed by atoms with Crippen LogP contribution < -0.4 is 4.74 Å². The summed E-state index contributed by atoms with van der Waals surface area (Å²) < 4.78 is 89.9. The lowest BCUT2D eigenvalue weighted by molar-refractivity contribution is -0.163. The number of carboxylic acid groups (broad SMARTS) is 1. The van der Waals surface area contributed by atoms with Crippen LogP contribution in [0.5, 0.6) is 5.75 Å². The van der Waals surface area contributed by atoms with Crippen molar-refractivity contribution in [3.8, 4) is 5.75 Å². The third-order valence-corrected chi connectivity index (χ3v) is 10.1. The number of nitrogens with zero attached hydrogens (tertiary/aromatic N) is 3. The van der Waals surface area contributed by atoms with Crippen LogP contribution in [0.3, 0.4) is 0 Å². The standard InChI is InChI=1S/C32H30BrF6N3O5S/c1-2-5-24-30(47-20-15-25(48-17-20)32(37,38)39,10-4-12-42(24)28(45)27-22(31(34,35)36)6-3-11-40-27)29(46)41-13-9-18-14-19(33)7-8-21(18)23(41)16-26(43)44/h3,6-8,11,14-15,17,23-24H,2,4-5,9-10,12-13,16H2,1H3,(H,43,44)/t23?,24-,30+/m1/s1. The average molecular weight is 763 g/mol. The first kappa shape index (κ1) is 35.6. The second-order valence-corrected chi connectivity index (χ2v) is 13.5. The van der Waals surface area contributed by atoms with Crippen LogP contribution in [0.25, 0.3) is 0 Å². The smallest absolute Gasteiger partial charge is 0.425 e. The quantitative estimate of drug-likeness (QED) is 0.236. The molecule has 1 unspecified atom stereocenters. The summed E-state index contributed by atoms with van der Waals surface area (Å²) in [6, 6.07) is 5.46. The minimum Gasteiger partial charge on any atom is -0.481 e. The molecule has 3 atom stereocenters. The van der Waals surface area contributed by atoms with Gasteiger partial charge in [-0.1, -0.05) is 35.3 Å². The summed E-state index contributed by atoms with van der Waals surface area (Å²) in [4.78, 5) is 46.3. The van der Waals surface area contributed by atoms with E-state index in [0.717, 1.165) is 44.7 Å². The van der Waals surface area contributed by atoms with E-state index in [-0.39, 0.29) is 38.1 Å². The number of fused-ring (bicyclic) bond motifs is 1. The Morgan fingerprint density at radius 1 is 1.08 bits per heavy atom. The van der Waals surface area contributed by atoms with E-state index in [1.807, 2.05) is 6.07 Å². The molecule has 5 rings (SSSR count). The van der Waals surface area contributed by atoms with Gasteiger partial charge in [0.05, 0.1) is 24.1 Å². The molecule has 2 amide bonds. The van der Waals surface area contributed by atoms with E-state index < -0.39 is 70.4 Å². The van der Waals surface area contributed by atoms with Crippen LogP contribution in [0.15, 0.2) is 52.4 Å². The molecule has 2 aliphatic rings. The number of piperidine rings is 1. The van der Waals surface area contributed by atoms with Gasteiger partial charge in [-0.25, -0.2) is 0 Å². The molecule has 4 heterocycles. The normalized spacial score (nSPS) is 21.5. The first-order chi connectivity index (χ1) is 22.6. The number of rotatable bonds is 8. The molecule has 0 bridgehead atoms. The summed E-state index contributed by atoms with van der Waals surface area (Å²) in [5.41, 5.74) is -2.89. The number of ether oxygens (including phenoxy) is 1. The van der Waals surface area contributed by atoms with E-state index in [9.17, 15) is 41.0 Å². The molecule has 1 fully saturated rings. The first-order valence-electron chi connectivity index (χ1n) is 15.1. The third kappa shape index (κ3) is 7.05. The van der Waals surface area contributed by atoms with Crippen LogP contribution in [0, 0.1) is 0 Å². The summed E-state index contributed by atoms with van der Waals surface area (Å²) in [5.74, 6) is -3.40. The first-order valence-corrected chi connectivity index (χ1v) is 16.7. The summed E-state index contributed by atoms with van der Waals surface area (Å²) in [6.07, 6.45) is -8.51. The van der Waals surface area contributed by atoms with Crippen molar-refractivity contribution in [3.05, 3.63) is 79.7 Å². The van der Waals surface area contributed by atoms with Crippen molar-refractivity contribution >= 4 is 45.1 Å². The molecule has 8 nitrogen and oxygen atoms in total. The van der Waals surface area contributed by atoms with Crippen molar-refractivity contribution in [1.82, 2.24) is 14.8 Å². The van der Waals surface area contributed by atoms with Crippen molar-refractivity contribution in [2.45, 2.75) is 75.5 Å². The van der Waals surface area contributed by atoms with E-state index >= 15 is 4.79 Å². The van der Waals surface area contributed by atoms with Gasteiger partial charge in [-0.05, 0) is 54.7 Å². The van der Waals surface area contributed by atoms with E-state index in [1.54, 1.807) is 19.1 Å². The number of hydrogen-bond donors (Lipinski definition) is 1. The molecule has 0 radical (unpaired) electrons. The molecule has 1 N–H and O–H groups in total. The van der Waals surface area contributed by atoms with Crippen LogP contribution in [0.2, 0.25) is 0 Å². The molecule has 0 saturated carbocycles. The number of amides is 2. The van der Waals surface area contributed by atoms with Crippen LogP contribution in [-0.2, 0) is 28.4 Å². The highest BCUT2D eigenvalue weighted by molar-refractivity contribution is 9.10. The van der Waals surface area contributed by atoms with Gasteiger partial charge in [0.1, 0.15) is 16.3 Å². The second kappa shape index (κ2) is 13.7. The Labute approximate surface area is 283 Å². The number of hydrogen-bond acceptors (Lipinski definition) is 6. The van der Waals surface area contributed by atoms with Gasteiger partial charge in [0.25, 0.3) is 11.8 Å². The highest BCUT2D eigenvalue weighted by Crippen LogP contribution is 2.44. The summed E-state index contributed by atoms with van der Waals surface area (Å²) in [7, 11) is 0. The van der Waals surface area contributed by atoms with E-state index in [0.29, 0.717) is 29.7 Å². The average Bonchev–Trinajstić information content (AvgIpc) is 3.50. The molecule has 2 aromatic heterocycles. The predicted octanol–water partition coefficient (Wildman–Crippen LogP) is 7.77. The zero-order valence-electron chi connectivity index (χ0n) is 25.4. The SMILES string of the molecule is CCC[C@H]1N(C(=O)c2ncccc2C(F)(F)F)CCC[C@@]1(Oc1csc(C(F)(F)F)c1)C(=O)N1CCc2cc(Br)ccc2C1CC(=O)O. The fraction of sp³-hybridized carbons (Fsp3) is 0.438. The molecule has 0 aliphatic carbocycles. The van der Waals surface area contributed by atoms with Crippen LogP contribution in [0.1, 0.15) is 77.1 Å². The van der Waals surface area contributed by atoms with Crippen molar-refractivity contribution in [1.29, 1.82) is 0 Å². The largest absolute Gasteiger partial charge is 0.481 e. The number of thiophene rings is 1. The van der Waals surface area contributed by atoms with Crippen molar-refractivity contribution in [3.63, 3.8) is 0 Å². The van der Waals surface area contributed by atoms with Crippen molar-refractivity contribution in [2.24, 2.45) is 0 Å². The molecule has 3 aromatic rings. The van der Waals surface area contributed by atoms with E-state index in [2.05, 4.69) is 20.9 Å². The van der Waals surface area contributed by atoms with Crippen molar-refractivity contribution < 1.29 is 50.6 Å². The Bertz CT molecular complexity index is 1700. The van der Waals surface area contributed by atoms with Gasteiger partial charge in [-0.2, -0.15) is 26.3 Å². The fourth-order valence-corrected chi connectivity index (χ4v) is 7.71. The molecule has 1 saturated heterocycles. The zero-order chi connectivity index (χ0) is 35.0. The minimum absolute atomic E-state index is 0.0219. The zero-order valence-corrected chi connectivity index (χ0v) is 27.8. The fourth-order valence-electron chi connectivity index (χ4n) is 6.63. The number of benzene rings is 1. The maximum atomic E-state index is 15.0. The highest BCUT2D eigenvalue weighted by Gasteiger charge is 2.57. The Balaban J connectivity index is 1.65. The number of pyridine rings is 1. The Hall–Kier alpha value is -3.66. The number of alkyl halides is 6. The number of aromatic nitrogens is 1. The molecular formula is C32H30BrF6N3O5S. The van der Waals surface area contributed by atoms with Gasteiger partial charge in [-0.3, -0.25) is 19.4 Å². The Morgan fingerprint density at radius 2 is 1.83 bits per heavy atom. The molecule has 2 aliphatic heterocycles. The predicted molar refractivity (Wildman–Crippen MR) is 165 cm³/mol. The second-order valence-electron chi connectivity index (χ2n) is 11.6. The lowest BCUT2D eigenvalue weighted by Gasteiger charge is -2.51. The molecule has 1 aromatic carbocycles. The van der Waals surface area contributed by atoms with Crippen LogP contribution >= 0.6 is 27.3 Å². The molecular weight excluding hydrogens is 732 g/mol. The number of carbonyl (C=O) groups is 3. The lowest BCUT2D eigenvalue weighted by atomic mass is 9.78. The topological polar surface area (TPSA) is 100 Å². The van der Waals surface area contributed by atoms with Gasteiger partial charge in [0.15, 0.2) is 0 Å². The summed E-state index contributed by atoms with van der Waals surface area (Å²) in [6.45, 7) is 1.67. The van der Waals surface area contributed by atoms with E-state index in [4.69, 9.17) is 4.74 Å². The lowest BCUT2D eigenvalue weighted by Crippen LogP contribution is -2.68. The summed E-state index contributed by atoms with van der Waals surface area (Å²) in [5, 5.41) is 11.0. The Kier molecular flexibility index (Phi) is 10.2. The number of likely N-dealkylation sites (tertiary alicyclic amines) is 1. The number of carbonyl (C=O) groups excluding carboxylic acids is 2. The van der Waals surface area contributed by atoms with Gasteiger partial charge >= 0.3 is 18.3 Å². The molecule has 258 valence electrons. The minimum atomic E-state index is -4.93. The number of carboxylic acids is 1. The third-order valence-electron chi connectivity index (χ3n) is 8.61. The number of halogens is 7. The van der Waals surface area contributed by atoms with Gasteiger partial charge in [0, 0.05) is 41.6 Å². The van der Waals surface area contributed by atoms with Gasteiger partial charge in [-0.15, -0.1) is 11.3 Å². The maximum Gasteiger partial charge on any atom is 0.425 e. The Morgan fingerprint density at radius 3 is 2.48 bits per heavy atom. The molecule has 0 spiro atoms. The van der Waals surface area contributed by atoms with Crippen LogP contribution in [0.4, 0.5) is 26.3 Å². The maximum absolute atomic E-state index is 15.0. The number of aliphatic carboxylic acids is 1. The summed E-state index contributed by atoms with van der Waals surface area (Å²) >= 11 is 3.74. The highest BCUT2D eigenvalue weighted by atomic mass is 79.9. The van der Waals surface area contributed by atoms with Crippen molar-refractivity contribution in [2.75, 3.05) is 13.1 Å². The van der Waals surface area contributed by atoms with Gasteiger partial charge < -0.3 is 19.6 Å². The monoisotopic (exact) mass is 761 g/mol. The molecule has 48 heavy (non-hydrogen) atoms. The molecule has 16 heteroatoms. The van der Waals surface area contributed by atoms with Crippen LogP contribution in [-0.4, -0.2) is 62.4 Å².